The molecule has 0 aliphatic carbocycles. The summed E-state index contributed by atoms with van der Waals surface area (Å²) in [7, 11) is 1.38. The zero-order valence-electron chi connectivity index (χ0n) is 11.5. The van der Waals surface area contributed by atoms with E-state index in [2.05, 4.69) is 4.98 Å². The van der Waals surface area contributed by atoms with Crippen molar-refractivity contribution < 1.29 is 9.13 Å². The van der Waals surface area contributed by atoms with Crippen LogP contribution in [-0.2, 0) is 6.54 Å². The lowest BCUT2D eigenvalue weighted by atomic mass is 10.2. The topological polar surface area (TPSA) is 67.9 Å². The molecule has 0 radical (unpaired) electrons. The maximum absolute atomic E-state index is 13.6. The molecule has 1 aromatic heterocycles. The van der Waals surface area contributed by atoms with Crippen molar-refractivity contribution in [3.05, 3.63) is 51.8 Å². The molecule has 108 valence electrons. The van der Waals surface area contributed by atoms with Crippen LogP contribution in [0.2, 0.25) is 0 Å². The zero-order valence-corrected chi connectivity index (χ0v) is 12.3. The number of halogens is 1. The van der Waals surface area contributed by atoms with E-state index in [1.54, 1.807) is 12.3 Å². The SMILES string of the molecule is COc1ccc(Cn2cnc(SC)c(C#N)c2=O)cc1F. The van der Waals surface area contributed by atoms with Crippen LogP contribution in [0.4, 0.5) is 4.39 Å². The van der Waals surface area contributed by atoms with E-state index in [9.17, 15) is 9.18 Å². The van der Waals surface area contributed by atoms with Crippen LogP contribution in [0.1, 0.15) is 11.1 Å². The summed E-state index contributed by atoms with van der Waals surface area (Å²) in [6, 6.07) is 6.30. The normalized spacial score (nSPS) is 10.2. The summed E-state index contributed by atoms with van der Waals surface area (Å²) in [5.74, 6) is -0.364. The van der Waals surface area contributed by atoms with Gasteiger partial charge >= 0.3 is 0 Å². The minimum atomic E-state index is -0.503. The number of benzene rings is 1. The van der Waals surface area contributed by atoms with E-state index < -0.39 is 11.4 Å². The van der Waals surface area contributed by atoms with Crippen molar-refractivity contribution in [2.75, 3.05) is 13.4 Å². The highest BCUT2D eigenvalue weighted by molar-refractivity contribution is 7.98. The number of aromatic nitrogens is 2. The molecular weight excluding hydrogens is 293 g/mol. The Morgan fingerprint density at radius 1 is 1.52 bits per heavy atom. The first-order valence-electron chi connectivity index (χ1n) is 5.96. The van der Waals surface area contributed by atoms with Gasteiger partial charge in [0, 0.05) is 0 Å². The maximum atomic E-state index is 13.6. The van der Waals surface area contributed by atoms with Crippen molar-refractivity contribution in [2.45, 2.75) is 11.6 Å². The number of rotatable bonds is 4. The Kier molecular flexibility index (Phi) is 4.60. The lowest BCUT2D eigenvalue weighted by Crippen LogP contribution is -2.24. The van der Waals surface area contributed by atoms with Gasteiger partial charge in [-0.2, -0.15) is 5.26 Å². The second-order valence-electron chi connectivity index (χ2n) is 4.14. The number of hydrogen-bond acceptors (Lipinski definition) is 5. The summed E-state index contributed by atoms with van der Waals surface area (Å²) in [6.45, 7) is 0.135. The third-order valence-electron chi connectivity index (χ3n) is 2.88. The summed E-state index contributed by atoms with van der Waals surface area (Å²) in [5, 5.41) is 9.43. The van der Waals surface area contributed by atoms with Gasteiger partial charge in [-0.1, -0.05) is 6.07 Å². The van der Waals surface area contributed by atoms with Crippen LogP contribution in [-0.4, -0.2) is 22.9 Å². The predicted molar refractivity (Wildman–Crippen MR) is 77.0 cm³/mol. The van der Waals surface area contributed by atoms with Crippen LogP contribution >= 0.6 is 11.8 Å². The number of methoxy groups -OCH3 is 1. The monoisotopic (exact) mass is 305 g/mol. The quantitative estimate of drug-likeness (QED) is 0.638. The predicted octanol–water partition coefficient (Wildman–Crippen LogP) is 2.03. The lowest BCUT2D eigenvalue weighted by Gasteiger charge is -2.08. The molecule has 0 fully saturated rings. The van der Waals surface area contributed by atoms with Crippen LogP contribution in [0, 0.1) is 17.1 Å². The fourth-order valence-corrected chi connectivity index (χ4v) is 2.33. The van der Waals surface area contributed by atoms with E-state index in [-0.39, 0.29) is 17.9 Å². The van der Waals surface area contributed by atoms with Gasteiger partial charge in [-0.3, -0.25) is 9.36 Å². The van der Waals surface area contributed by atoms with E-state index in [0.29, 0.717) is 10.6 Å². The van der Waals surface area contributed by atoms with Crippen molar-refractivity contribution in [1.29, 1.82) is 5.26 Å². The molecule has 0 saturated carbocycles. The number of nitrogens with zero attached hydrogens (tertiary/aromatic N) is 3. The van der Waals surface area contributed by atoms with Crippen molar-refractivity contribution in [3.63, 3.8) is 0 Å². The molecule has 0 bridgehead atoms. The second-order valence-corrected chi connectivity index (χ2v) is 4.94. The third kappa shape index (κ3) is 3.06. The highest BCUT2D eigenvalue weighted by Gasteiger charge is 2.11. The standard InChI is InChI=1S/C14H12FN3O2S/c1-20-12-4-3-9(5-11(12)15)7-18-8-17-13(21-2)10(6-16)14(18)19/h3-5,8H,7H2,1-2H3. The summed E-state index contributed by atoms with van der Waals surface area (Å²) in [5.41, 5.74) is 0.144. The molecule has 2 aromatic rings. The summed E-state index contributed by atoms with van der Waals surface area (Å²) < 4.78 is 19.8. The van der Waals surface area contributed by atoms with Gasteiger partial charge in [0.15, 0.2) is 11.6 Å². The average Bonchev–Trinajstić information content (AvgIpc) is 2.49. The first kappa shape index (κ1) is 15.1. The number of hydrogen-bond donors (Lipinski definition) is 0. The minimum Gasteiger partial charge on any atom is -0.494 e. The van der Waals surface area contributed by atoms with Gasteiger partial charge in [0.2, 0.25) is 0 Å². The van der Waals surface area contributed by atoms with Crippen LogP contribution in [0.15, 0.2) is 34.3 Å². The van der Waals surface area contributed by atoms with Crippen molar-refractivity contribution in [2.24, 2.45) is 0 Å². The third-order valence-corrected chi connectivity index (χ3v) is 3.57. The Hall–Kier alpha value is -2.33. The van der Waals surface area contributed by atoms with Crippen molar-refractivity contribution in [3.8, 4) is 11.8 Å². The molecule has 0 N–H and O–H groups in total. The van der Waals surface area contributed by atoms with Crippen molar-refractivity contribution >= 4 is 11.8 Å². The highest BCUT2D eigenvalue weighted by Crippen LogP contribution is 2.18. The minimum absolute atomic E-state index is 0.000941. The fourth-order valence-electron chi connectivity index (χ4n) is 1.84. The molecule has 7 heteroatoms. The van der Waals surface area contributed by atoms with Crippen LogP contribution in [0.5, 0.6) is 5.75 Å². The number of nitriles is 1. The maximum Gasteiger partial charge on any atom is 0.272 e. The Labute approximate surface area is 125 Å². The molecule has 1 aromatic carbocycles. The van der Waals surface area contributed by atoms with E-state index in [4.69, 9.17) is 10.00 Å². The molecule has 0 unspecified atom stereocenters. The fraction of sp³-hybridized carbons (Fsp3) is 0.214. The Morgan fingerprint density at radius 3 is 2.86 bits per heavy atom. The lowest BCUT2D eigenvalue weighted by molar-refractivity contribution is 0.386. The van der Waals surface area contributed by atoms with Gasteiger partial charge < -0.3 is 4.74 Å². The number of thioether (sulfide) groups is 1. The molecule has 21 heavy (non-hydrogen) atoms. The molecule has 0 atom stereocenters. The molecule has 0 amide bonds. The first-order chi connectivity index (χ1) is 10.1. The number of ether oxygens (including phenoxy) is 1. The average molecular weight is 305 g/mol. The van der Waals surface area contributed by atoms with Crippen molar-refractivity contribution in [1.82, 2.24) is 9.55 Å². The summed E-state index contributed by atoms with van der Waals surface area (Å²) in [4.78, 5) is 16.2. The van der Waals surface area contributed by atoms with Crippen LogP contribution < -0.4 is 10.3 Å². The first-order valence-corrected chi connectivity index (χ1v) is 7.19. The second kappa shape index (κ2) is 6.41. The molecular formula is C14H12FN3O2S. The Bertz CT molecular complexity index is 768. The molecule has 0 spiro atoms. The Morgan fingerprint density at radius 2 is 2.29 bits per heavy atom. The molecule has 0 saturated heterocycles. The Balaban J connectivity index is 2.39. The smallest absolute Gasteiger partial charge is 0.272 e. The van der Waals surface area contributed by atoms with Gasteiger partial charge in [-0.05, 0) is 24.0 Å². The molecule has 0 aliphatic heterocycles. The van der Waals surface area contributed by atoms with E-state index in [1.807, 2.05) is 6.07 Å². The molecule has 0 aliphatic rings. The molecule has 2 rings (SSSR count). The highest BCUT2D eigenvalue weighted by atomic mass is 32.2. The zero-order chi connectivity index (χ0) is 15.4. The van der Waals surface area contributed by atoms with Crippen LogP contribution in [0.25, 0.3) is 0 Å². The van der Waals surface area contributed by atoms with Gasteiger partial charge in [0.1, 0.15) is 16.7 Å². The van der Waals surface area contributed by atoms with Gasteiger partial charge in [-0.25, -0.2) is 9.37 Å². The van der Waals surface area contributed by atoms with Gasteiger partial charge in [-0.15, -0.1) is 11.8 Å². The largest absolute Gasteiger partial charge is 0.494 e. The van der Waals surface area contributed by atoms with Gasteiger partial charge in [0.25, 0.3) is 5.56 Å². The van der Waals surface area contributed by atoms with E-state index in [1.165, 1.54) is 41.9 Å². The molecule has 1 heterocycles. The van der Waals surface area contributed by atoms with E-state index >= 15 is 0 Å². The van der Waals surface area contributed by atoms with Crippen LogP contribution in [0.3, 0.4) is 0 Å². The summed E-state index contributed by atoms with van der Waals surface area (Å²) >= 11 is 1.23. The molecule has 5 nitrogen and oxygen atoms in total. The van der Waals surface area contributed by atoms with Gasteiger partial charge in [0.05, 0.1) is 20.0 Å². The van der Waals surface area contributed by atoms with E-state index in [0.717, 1.165) is 0 Å². The summed E-state index contributed by atoms with van der Waals surface area (Å²) in [6.07, 6.45) is 3.10.